The van der Waals surface area contributed by atoms with Gasteiger partial charge in [-0.05, 0) is 30.2 Å². The normalized spacial score (nSPS) is 20.4. The van der Waals surface area contributed by atoms with E-state index in [0.29, 0.717) is 5.92 Å². The van der Waals surface area contributed by atoms with Crippen molar-refractivity contribution in [2.24, 2.45) is 0 Å². The van der Waals surface area contributed by atoms with Crippen LogP contribution in [-0.4, -0.2) is 17.1 Å². The van der Waals surface area contributed by atoms with E-state index in [-0.39, 0.29) is 17.4 Å². The van der Waals surface area contributed by atoms with Gasteiger partial charge >= 0.3 is 0 Å². The minimum absolute atomic E-state index is 0.0243. The number of amides is 1. The molecule has 1 fully saturated rings. The van der Waals surface area contributed by atoms with E-state index < -0.39 is 11.7 Å². The molecule has 0 heterocycles. The van der Waals surface area contributed by atoms with E-state index in [4.69, 9.17) is 0 Å². The molecule has 2 unspecified atom stereocenters. The summed E-state index contributed by atoms with van der Waals surface area (Å²) in [7, 11) is 0. The fourth-order valence-electron chi connectivity index (χ4n) is 2.36. The Morgan fingerprint density at radius 1 is 1.20 bits per heavy atom. The second-order valence-corrected chi connectivity index (χ2v) is 4.99. The molecule has 0 spiro atoms. The molecular formula is C16H14FNO2. The lowest BCUT2D eigenvalue weighted by Crippen LogP contribution is -2.26. The maximum atomic E-state index is 13.1. The zero-order chi connectivity index (χ0) is 14.1. The van der Waals surface area contributed by atoms with Gasteiger partial charge in [0, 0.05) is 12.0 Å². The number of carbonyl (C=O) groups excluding carboxylic acids is 1. The van der Waals surface area contributed by atoms with Gasteiger partial charge in [-0.15, -0.1) is 0 Å². The maximum absolute atomic E-state index is 13.1. The first-order valence-electron chi connectivity index (χ1n) is 6.49. The summed E-state index contributed by atoms with van der Waals surface area (Å²) in [4.78, 5) is 12.0. The predicted octanol–water partition coefficient (Wildman–Crippen LogP) is 2.82. The Bertz CT molecular complexity index is 642. The third kappa shape index (κ3) is 2.50. The quantitative estimate of drug-likeness (QED) is 0.901. The fraction of sp³-hybridized carbons (Fsp3) is 0.188. The highest BCUT2D eigenvalue weighted by atomic mass is 19.1. The number of phenols is 1. The third-order valence-corrected chi connectivity index (χ3v) is 3.54. The summed E-state index contributed by atoms with van der Waals surface area (Å²) in [6.45, 7) is 0. The summed E-state index contributed by atoms with van der Waals surface area (Å²) in [6, 6.07) is 13.3. The largest absolute Gasteiger partial charge is 0.507 e. The number of hydrogen-bond acceptors (Lipinski definition) is 2. The molecular weight excluding hydrogens is 257 g/mol. The minimum atomic E-state index is -0.539. The van der Waals surface area contributed by atoms with E-state index in [2.05, 4.69) is 5.32 Å². The highest BCUT2D eigenvalue weighted by molar-refractivity contribution is 5.97. The van der Waals surface area contributed by atoms with Gasteiger partial charge < -0.3 is 10.4 Å². The number of phenolic OH excluding ortho intramolecular Hbond substituents is 1. The van der Waals surface area contributed by atoms with Crippen molar-refractivity contribution in [1.29, 1.82) is 0 Å². The van der Waals surface area contributed by atoms with E-state index in [1.54, 1.807) is 0 Å². The van der Waals surface area contributed by atoms with Gasteiger partial charge in [-0.1, -0.05) is 30.3 Å². The van der Waals surface area contributed by atoms with E-state index in [0.717, 1.165) is 18.6 Å². The van der Waals surface area contributed by atoms with Crippen LogP contribution >= 0.6 is 0 Å². The Hall–Kier alpha value is -2.36. The Balaban J connectivity index is 1.68. The van der Waals surface area contributed by atoms with E-state index in [1.165, 1.54) is 11.6 Å². The standard InChI is InChI=1S/C16H14FNO2/c17-11-6-7-15(19)13(8-11)16(20)18-14-9-12(14)10-4-2-1-3-5-10/h1-8,12,14,19H,9H2,(H,18,20). The molecule has 1 aliphatic rings. The molecule has 4 heteroatoms. The van der Waals surface area contributed by atoms with Crippen molar-refractivity contribution in [3.05, 3.63) is 65.5 Å². The monoisotopic (exact) mass is 271 g/mol. The lowest BCUT2D eigenvalue weighted by atomic mass is 10.1. The molecule has 0 aromatic heterocycles. The summed E-state index contributed by atoms with van der Waals surface area (Å²) in [5.74, 6) is -0.884. The Morgan fingerprint density at radius 3 is 2.70 bits per heavy atom. The Kier molecular flexibility index (Phi) is 3.14. The SMILES string of the molecule is O=C(NC1CC1c1ccccc1)c1cc(F)ccc1O. The molecule has 3 nitrogen and oxygen atoms in total. The van der Waals surface area contributed by atoms with E-state index >= 15 is 0 Å². The number of benzene rings is 2. The molecule has 1 aliphatic carbocycles. The molecule has 2 aromatic rings. The average Bonchev–Trinajstić information content (AvgIpc) is 3.21. The van der Waals surface area contributed by atoms with Crippen LogP contribution in [-0.2, 0) is 0 Å². The van der Waals surface area contributed by atoms with Gasteiger partial charge in [0.1, 0.15) is 11.6 Å². The second kappa shape index (κ2) is 4.96. The summed E-state index contributed by atoms with van der Waals surface area (Å²) in [5, 5.41) is 12.4. The van der Waals surface area contributed by atoms with Crippen molar-refractivity contribution in [1.82, 2.24) is 5.32 Å². The first-order valence-corrected chi connectivity index (χ1v) is 6.49. The van der Waals surface area contributed by atoms with Crippen LogP contribution in [0.3, 0.4) is 0 Å². The molecule has 1 amide bonds. The number of rotatable bonds is 3. The van der Waals surface area contributed by atoms with Gasteiger partial charge in [0.2, 0.25) is 0 Å². The van der Waals surface area contributed by atoms with E-state index in [9.17, 15) is 14.3 Å². The number of halogens is 1. The van der Waals surface area contributed by atoms with Crippen LogP contribution in [0.4, 0.5) is 4.39 Å². The highest BCUT2D eigenvalue weighted by Gasteiger charge is 2.39. The van der Waals surface area contributed by atoms with Crippen LogP contribution in [0.25, 0.3) is 0 Å². The summed E-state index contributed by atoms with van der Waals surface area (Å²) in [5.41, 5.74) is 1.16. The molecule has 2 aromatic carbocycles. The van der Waals surface area contributed by atoms with Gasteiger partial charge in [0.15, 0.2) is 0 Å². The maximum Gasteiger partial charge on any atom is 0.255 e. The highest BCUT2D eigenvalue weighted by Crippen LogP contribution is 2.40. The zero-order valence-electron chi connectivity index (χ0n) is 10.7. The molecule has 0 radical (unpaired) electrons. The van der Waals surface area contributed by atoms with Crippen LogP contribution in [0, 0.1) is 5.82 Å². The third-order valence-electron chi connectivity index (χ3n) is 3.54. The van der Waals surface area contributed by atoms with Gasteiger partial charge in [-0.25, -0.2) is 4.39 Å². The second-order valence-electron chi connectivity index (χ2n) is 4.99. The van der Waals surface area contributed by atoms with Gasteiger partial charge in [-0.3, -0.25) is 4.79 Å². The lowest BCUT2D eigenvalue weighted by Gasteiger charge is -2.07. The molecule has 0 bridgehead atoms. The lowest BCUT2D eigenvalue weighted by molar-refractivity contribution is 0.0947. The number of carbonyl (C=O) groups is 1. The molecule has 2 atom stereocenters. The average molecular weight is 271 g/mol. The van der Waals surface area contributed by atoms with Crippen LogP contribution in [0.1, 0.15) is 28.3 Å². The van der Waals surface area contributed by atoms with Crippen molar-refractivity contribution in [2.75, 3.05) is 0 Å². The van der Waals surface area contributed by atoms with Crippen LogP contribution in [0.2, 0.25) is 0 Å². The molecule has 3 rings (SSSR count). The van der Waals surface area contributed by atoms with Gasteiger partial charge in [0.05, 0.1) is 5.56 Å². The molecule has 0 saturated heterocycles. The topological polar surface area (TPSA) is 49.3 Å². The summed E-state index contributed by atoms with van der Waals surface area (Å²) < 4.78 is 13.1. The minimum Gasteiger partial charge on any atom is -0.507 e. The molecule has 20 heavy (non-hydrogen) atoms. The number of aromatic hydroxyl groups is 1. The number of nitrogens with one attached hydrogen (secondary N) is 1. The van der Waals surface area contributed by atoms with Crippen LogP contribution in [0.5, 0.6) is 5.75 Å². The first-order chi connectivity index (χ1) is 9.65. The fourth-order valence-corrected chi connectivity index (χ4v) is 2.36. The Morgan fingerprint density at radius 2 is 1.95 bits per heavy atom. The molecule has 2 N–H and O–H groups in total. The van der Waals surface area contributed by atoms with Crippen molar-refractivity contribution in [3.8, 4) is 5.75 Å². The summed E-state index contributed by atoms with van der Waals surface area (Å²) in [6.07, 6.45) is 0.867. The molecule has 102 valence electrons. The van der Waals surface area contributed by atoms with Crippen molar-refractivity contribution in [3.63, 3.8) is 0 Å². The van der Waals surface area contributed by atoms with Gasteiger partial charge in [-0.2, -0.15) is 0 Å². The number of hydrogen-bond donors (Lipinski definition) is 2. The zero-order valence-corrected chi connectivity index (χ0v) is 10.7. The van der Waals surface area contributed by atoms with Crippen LogP contribution in [0.15, 0.2) is 48.5 Å². The Labute approximate surface area is 116 Å². The molecule has 1 saturated carbocycles. The van der Waals surface area contributed by atoms with Crippen molar-refractivity contribution >= 4 is 5.91 Å². The predicted molar refractivity (Wildman–Crippen MR) is 73.1 cm³/mol. The van der Waals surface area contributed by atoms with Crippen LogP contribution < -0.4 is 5.32 Å². The van der Waals surface area contributed by atoms with Crippen molar-refractivity contribution < 1.29 is 14.3 Å². The van der Waals surface area contributed by atoms with Crippen molar-refractivity contribution in [2.45, 2.75) is 18.4 Å². The smallest absolute Gasteiger partial charge is 0.255 e. The van der Waals surface area contributed by atoms with E-state index in [1.807, 2.05) is 30.3 Å². The van der Waals surface area contributed by atoms with Gasteiger partial charge in [0.25, 0.3) is 5.91 Å². The summed E-state index contributed by atoms with van der Waals surface area (Å²) >= 11 is 0. The first kappa shape index (κ1) is 12.7. The molecule has 0 aliphatic heterocycles.